The van der Waals surface area contributed by atoms with Crippen LogP contribution >= 0.6 is 46.3 Å². The van der Waals surface area contributed by atoms with Gasteiger partial charge in [-0.05, 0) is 65.4 Å². The number of benzene rings is 1. The summed E-state index contributed by atoms with van der Waals surface area (Å²) in [6.45, 7) is 0.690. The fraction of sp³-hybridized carbons (Fsp3) is 0.308. The summed E-state index contributed by atoms with van der Waals surface area (Å²) in [7, 11) is 0. The quantitative estimate of drug-likeness (QED) is 0.344. The number of halogens is 2. The third kappa shape index (κ3) is 5.01. The average molecular weight is 532 g/mol. The van der Waals surface area contributed by atoms with E-state index >= 15 is 0 Å². The van der Waals surface area contributed by atoms with Gasteiger partial charge in [-0.2, -0.15) is 11.3 Å². The van der Waals surface area contributed by atoms with E-state index in [2.05, 4.69) is 10.7 Å². The minimum Gasteiger partial charge on any atom is -0.477 e. The Morgan fingerprint density at radius 3 is 2.79 bits per heavy atom. The molecule has 1 N–H and O–H groups in total. The second-order valence-electron chi connectivity index (χ2n) is 8.64. The van der Waals surface area contributed by atoms with E-state index < -0.39 is 5.54 Å². The zero-order chi connectivity index (χ0) is 23.5. The molecular formula is C26H24Cl2N2O2S2. The predicted octanol–water partition coefficient (Wildman–Crippen LogP) is 7.46. The van der Waals surface area contributed by atoms with Crippen molar-refractivity contribution in [1.29, 1.82) is 0 Å². The lowest BCUT2D eigenvalue weighted by Gasteiger charge is -2.36. The van der Waals surface area contributed by atoms with Gasteiger partial charge in [-0.25, -0.2) is 4.98 Å². The molecule has 2 aromatic heterocycles. The van der Waals surface area contributed by atoms with Gasteiger partial charge in [-0.3, -0.25) is 4.79 Å². The maximum absolute atomic E-state index is 13.3. The molecule has 3 aromatic rings. The Hall–Kier alpha value is -1.99. The highest BCUT2D eigenvalue weighted by atomic mass is 35.5. The number of hydrogen-bond acceptors (Lipinski definition) is 5. The summed E-state index contributed by atoms with van der Waals surface area (Å²) < 4.78 is 6.07. The molecule has 1 saturated carbocycles. The summed E-state index contributed by atoms with van der Waals surface area (Å²) in [6, 6.07) is 13.1. The Morgan fingerprint density at radius 1 is 1.18 bits per heavy atom. The topological polar surface area (TPSA) is 51.2 Å². The number of thiophene rings is 1. The molecule has 1 aliphatic carbocycles. The van der Waals surface area contributed by atoms with Gasteiger partial charge in [0.25, 0.3) is 5.91 Å². The van der Waals surface area contributed by atoms with Crippen LogP contribution in [-0.2, 0) is 10.3 Å². The number of carbonyl (C=O) groups excluding carboxylic acids is 1. The summed E-state index contributed by atoms with van der Waals surface area (Å²) in [5.41, 5.74) is 1.02. The highest BCUT2D eigenvalue weighted by molar-refractivity contribution is 8.04. The second-order valence-corrected chi connectivity index (χ2v) is 11.4. The summed E-state index contributed by atoms with van der Waals surface area (Å²) in [6.07, 6.45) is 7.53. The Morgan fingerprint density at radius 2 is 2.03 bits per heavy atom. The van der Waals surface area contributed by atoms with Gasteiger partial charge in [0.05, 0.1) is 22.2 Å². The third-order valence-electron chi connectivity index (χ3n) is 6.37. The molecule has 176 valence electrons. The second kappa shape index (κ2) is 10.3. The lowest BCUT2D eigenvalue weighted by atomic mass is 9.82. The number of ether oxygens (including phenoxy) is 1. The maximum atomic E-state index is 13.3. The molecule has 0 bridgehead atoms. The van der Waals surface area contributed by atoms with Crippen molar-refractivity contribution in [2.45, 2.75) is 42.5 Å². The highest BCUT2D eigenvalue weighted by Crippen LogP contribution is 2.42. The number of amides is 1. The molecule has 0 saturated heterocycles. The summed E-state index contributed by atoms with van der Waals surface area (Å²) in [5, 5.41) is 8.48. The minimum atomic E-state index is -0.758. The molecule has 0 radical (unpaired) electrons. The molecule has 2 aliphatic rings. The average Bonchev–Trinajstić information content (AvgIpc) is 3.56. The van der Waals surface area contributed by atoms with E-state index in [4.69, 9.17) is 32.9 Å². The smallest absolute Gasteiger partial charge is 0.258 e. The van der Waals surface area contributed by atoms with Gasteiger partial charge in [-0.15, -0.1) is 0 Å². The zero-order valence-corrected chi connectivity index (χ0v) is 21.6. The van der Waals surface area contributed by atoms with Gasteiger partial charge in [0.15, 0.2) is 0 Å². The van der Waals surface area contributed by atoms with E-state index in [9.17, 15) is 4.79 Å². The Labute approximate surface area is 217 Å². The predicted molar refractivity (Wildman–Crippen MR) is 140 cm³/mol. The van der Waals surface area contributed by atoms with Crippen molar-refractivity contribution in [3.63, 3.8) is 0 Å². The van der Waals surface area contributed by atoms with Crippen LogP contribution in [0.1, 0.15) is 43.4 Å². The van der Waals surface area contributed by atoms with Crippen LogP contribution in [0.5, 0.6) is 5.88 Å². The van der Waals surface area contributed by atoms with Gasteiger partial charge >= 0.3 is 0 Å². The van der Waals surface area contributed by atoms with Gasteiger partial charge in [0.2, 0.25) is 5.88 Å². The first-order valence-electron chi connectivity index (χ1n) is 11.3. The lowest BCUT2D eigenvalue weighted by Crippen LogP contribution is -2.49. The van der Waals surface area contributed by atoms with Crippen LogP contribution in [-0.4, -0.2) is 17.5 Å². The van der Waals surface area contributed by atoms with Crippen molar-refractivity contribution in [2.24, 2.45) is 5.92 Å². The van der Waals surface area contributed by atoms with E-state index in [0.717, 1.165) is 16.2 Å². The molecular weight excluding hydrogens is 507 g/mol. The first-order valence-corrected chi connectivity index (χ1v) is 13.8. The van der Waals surface area contributed by atoms with Crippen molar-refractivity contribution in [3.8, 4) is 5.88 Å². The first kappa shape index (κ1) is 23.7. The van der Waals surface area contributed by atoms with Crippen LogP contribution < -0.4 is 10.1 Å². The normalized spacial score (nSPS) is 20.8. The van der Waals surface area contributed by atoms with Crippen LogP contribution in [0, 0.1) is 5.92 Å². The summed E-state index contributed by atoms with van der Waals surface area (Å²) >= 11 is 15.4. The molecule has 1 amide bonds. The number of aromatic nitrogens is 1. The molecule has 34 heavy (non-hydrogen) atoms. The Balaban J connectivity index is 1.43. The van der Waals surface area contributed by atoms with Crippen LogP contribution in [0.15, 0.2) is 69.1 Å². The molecule has 1 fully saturated rings. The molecule has 1 aromatic carbocycles. The van der Waals surface area contributed by atoms with Crippen molar-refractivity contribution >= 4 is 52.2 Å². The van der Waals surface area contributed by atoms with E-state index in [1.165, 1.54) is 37.4 Å². The maximum Gasteiger partial charge on any atom is 0.258 e. The summed E-state index contributed by atoms with van der Waals surface area (Å²) in [5.74, 6) is 1.03. The molecule has 1 aliphatic heterocycles. The number of pyridine rings is 1. The minimum absolute atomic E-state index is 0.169. The third-order valence-corrected chi connectivity index (χ3v) is 8.86. The number of carbonyl (C=O) groups is 1. The van der Waals surface area contributed by atoms with Gasteiger partial charge in [0.1, 0.15) is 5.54 Å². The Bertz CT molecular complexity index is 1210. The number of nitrogens with one attached hydrogen (secondary N) is 1. The van der Waals surface area contributed by atoms with Crippen LogP contribution in [0.25, 0.3) is 0 Å². The SMILES string of the molecule is O=C1NC(c2ccsc2)(c2cccc(OCC3CCCC3)n2)CC=C1Sc1cc(Cl)ccc1Cl. The number of rotatable bonds is 7. The van der Waals surface area contributed by atoms with Crippen LogP contribution in [0.2, 0.25) is 10.0 Å². The van der Waals surface area contributed by atoms with Crippen molar-refractivity contribution in [2.75, 3.05) is 6.61 Å². The molecule has 8 heteroatoms. The summed E-state index contributed by atoms with van der Waals surface area (Å²) in [4.78, 5) is 19.5. The molecule has 1 unspecified atom stereocenters. The van der Waals surface area contributed by atoms with E-state index in [-0.39, 0.29) is 5.91 Å². The number of thioether (sulfide) groups is 1. The largest absolute Gasteiger partial charge is 0.477 e. The fourth-order valence-corrected chi connectivity index (χ4v) is 6.63. The number of hydrogen-bond donors (Lipinski definition) is 1. The van der Waals surface area contributed by atoms with Crippen molar-refractivity contribution < 1.29 is 9.53 Å². The van der Waals surface area contributed by atoms with E-state index in [0.29, 0.717) is 39.8 Å². The number of nitrogens with zero attached hydrogens (tertiary/aromatic N) is 1. The van der Waals surface area contributed by atoms with Crippen LogP contribution in [0.3, 0.4) is 0 Å². The van der Waals surface area contributed by atoms with Crippen molar-refractivity contribution in [1.82, 2.24) is 10.3 Å². The fourth-order valence-electron chi connectivity index (χ4n) is 4.53. The molecule has 1 atom stereocenters. The first-order chi connectivity index (χ1) is 16.5. The highest BCUT2D eigenvalue weighted by Gasteiger charge is 2.41. The zero-order valence-electron chi connectivity index (χ0n) is 18.4. The monoisotopic (exact) mass is 530 g/mol. The van der Waals surface area contributed by atoms with Gasteiger partial charge in [-0.1, -0.05) is 59.9 Å². The van der Waals surface area contributed by atoms with Gasteiger partial charge in [0, 0.05) is 22.4 Å². The van der Waals surface area contributed by atoms with Gasteiger partial charge < -0.3 is 10.1 Å². The van der Waals surface area contributed by atoms with E-state index in [1.807, 2.05) is 35.7 Å². The Kier molecular flexibility index (Phi) is 7.21. The standard InChI is InChI=1S/C26H24Cl2N2O2S2/c27-19-8-9-20(28)22(14-19)34-21-10-12-26(30-25(21)31,18-11-13-33-16-18)23-6-3-7-24(29-23)32-15-17-4-1-2-5-17/h3,6-11,13-14,16-17H,1-2,4-5,12,15H2,(H,30,31). The van der Waals surface area contributed by atoms with Crippen LogP contribution in [0.4, 0.5) is 0 Å². The lowest BCUT2D eigenvalue weighted by molar-refractivity contribution is -0.118. The molecule has 5 rings (SSSR count). The molecule has 3 heterocycles. The molecule has 4 nitrogen and oxygen atoms in total. The van der Waals surface area contributed by atoms with E-state index in [1.54, 1.807) is 29.5 Å². The van der Waals surface area contributed by atoms with Crippen molar-refractivity contribution in [3.05, 3.63) is 85.5 Å². The molecule has 0 spiro atoms.